The van der Waals surface area contributed by atoms with E-state index in [1.54, 1.807) is 6.92 Å². The fourth-order valence-electron chi connectivity index (χ4n) is 1.19. The van der Waals surface area contributed by atoms with Gasteiger partial charge in [0.15, 0.2) is 0 Å². The Morgan fingerprint density at radius 2 is 1.81 bits per heavy atom. The van der Waals surface area contributed by atoms with Crippen molar-refractivity contribution in [2.24, 2.45) is 0 Å². The summed E-state index contributed by atoms with van der Waals surface area (Å²) in [5.74, 6) is -1.18. The van der Waals surface area contributed by atoms with Gasteiger partial charge in [0.05, 0.1) is 6.20 Å². The standard InChI is InChI=1S/C10H10ClF6N3O/c1-2-3-18-8-19-4-5(11)6(20-8)21-7(9(12,13)14)10(15,16)17/h4,7H,2-3H2,1H3,(H,18,19,20). The van der Waals surface area contributed by atoms with E-state index in [1.165, 1.54) is 0 Å². The molecule has 120 valence electrons. The van der Waals surface area contributed by atoms with E-state index < -0.39 is 29.4 Å². The first-order chi connectivity index (χ1) is 9.55. The third-order valence-electron chi connectivity index (χ3n) is 2.07. The summed E-state index contributed by atoms with van der Waals surface area (Å²) < 4.78 is 78.3. The Bertz CT molecular complexity index is 465. The topological polar surface area (TPSA) is 47.0 Å². The Morgan fingerprint density at radius 3 is 2.29 bits per heavy atom. The molecule has 0 fully saturated rings. The van der Waals surface area contributed by atoms with Crippen LogP contribution in [0.1, 0.15) is 13.3 Å². The fourth-order valence-corrected chi connectivity index (χ4v) is 1.32. The van der Waals surface area contributed by atoms with Gasteiger partial charge in [0.1, 0.15) is 5.02 Å². The lowest BCUT2D eigenvalue weighted by atomic mass is 10.3. The third kappa shape index (κ3) is 5.10. The summed E-state index contributed by atoms with van der Waals surface area (Å²) in [6.07, 6.45) is -13.8. The second-order valence-electron chi connectivity index (χ2n) is 3.85. The normalized spacial score (nSPS) is 12.6. The number of aromatic nitrogens is 2. The van der Waals surface area contributed by atoms with E-state index in [0.717, 1.165) is 6.20 Å². The van der Waals surface area contributed by atoms with Crippen molar-refractivity contribution in [3.8, 4) is 5.88 Å². The van der Waals surface area contributed by atoms with Crippen LogP contribution >= 0.6 is 11.6 Å². The van der Waals surface area contributed by atoms with Crippen molar-refractivity contribution < 1.29 is 31.1 Å². The second kappa shape index (κ2) is 6.54. The highest BCUT2D eigenvalue weighted by atomic mass is 35.5. The minimum absolute atomic E-state index is 0.181. The SMILES string of the molecule is CCCNc1ncc(Cl)c(OC(C(F)(F)F)C(F)(F)F)n1. The summed E-state index contributed by atoms with van der Waals surface area (Å²) in [6.45, 7) is 2.17. The number of hydrogen-bond donors (Lipinski definition) is 1. The predicted octanol–water partition coefficient (Wildman–Crippen LogP) is 3.82. The molecule has 0 radical (unpaired) electrons. The Morgan fingerprint density at radius 1 is 1.24 bits per heavy atom. The summed E-state index contributed by atoms with van der Waals surface area (Å²) in [6, 6.07) is 0. The van der Waals surface area contributed by atoms with Crippen LogP contribution < -0.4 is 10.1 Å². The van der Waals surface area contributed by atoms with Crippen LogP contribution in [0.4, 0.5) is 32.3 Å². The van der Waals surface area contributed by atoms with Crippen molar-refractivity contribution in [2.75, 3.05) is 11.9 Å². The fraction of sp³-hybridized carbons (Fsp3) is 0.600. The highest BCUT2D eigenvalue weighted by molar-refractivity contribution is 6.31. The molecule has 1 heterocycles. The number of anilines is 1. The maximum absolute atomic E-state index is 12.4. The van der Waals surface area contributed by atoms with Gasteiger partial charge < -0.3 is 10.1 Å². The Balaban J connectivity index is 3.03. The Kier molecular flexibility index (Phi) is 5.48. The molecule has 11 heteroatoms. The quantitative estimate of drug-likeness (QED) is 0.830. The smallest absolute Gasteiger partial charge is 0.434 e. The highest BCUT2D eigenvalue weighted by Gasteiger charge is 2.59. The van der Waals surface area contributed by atoms with Crippen LogP contribution in [0.2, 0.25) is 5.02 Å². The van der Waals surface area contributed by atoms with Gasteiger partial charge in [0.25, 0.3) is 6.10 Å². The molecule has 0 saturated heterocycles. The van der Waals surface area contributed by atoms with Gasteiger partial charge in [-0.25, -0.2) is 4.98 Å². The van der Waals surface area contributed by atoms with Crippen molar-refractivity contribution in [2.45, 2.75) is 31.8 Å². The van der Waals surface area contributed by atoms with E-state index in [4.69, 9.17) is 11.6 Å². The van der Waals surface area contributed by atoms with E-state index in [-0.39, 0.29) is 5.95 Å². The van der Waals surface area contributed by atoms with Gasteiger partial charge in [0, 0.05) is 6.54 Å². The summed E-state index contributed by atoms with van der Waals surface area (Å²) in [7, 11) is 0. The largest absolute Gasteiger partial charge is 0.454 e. The second-order valence-corrected chi connectivity index (χ2v) is 4.26. The van der Waals surface area contributed by atoms with Crippen LogP contribution in [0.5, 0.6) is 5.88 Å². The summed E-state index contributed by atoms with van der Waals surface area (Å²) in [5.41, 5.74) is 0. The highest BCUT2D eigenvalue weighted by Crippen LogP contribution is 2.37. The molecule has 0 aliphatic rings. The number of alkyl halides is 6. The van der Waals surface area contributed by atoms with Crippen LogP contribution in [-0.4, -0.2) is 35.0 Å². The average molecular weight is 338 g/mol. The molecule has 1 rings (SSSR count). The minimum Gasteiger partial charge on any atom is -0.454 e. The van der Waals surface area contributed by atoms with Crippen LogP contribution in [0.15, 0.2) is 6.20 Å². The number of rotatable bonds is 5. The molecule has 0 atom stereocenters. The van der Waals surface area contributed by atoms with E-state index in [2.05, 4.69) is 20.0 Å². The van der Waals surface area contributed by atoms with Gasteiger partial charge in [0.2, 0.25) is 11.8 Å². The molecular weight excluding hydrogens is 328 g/mol. The molecule has 0 aliphatic heterocycles. The number of ether oxygens (including phenoxy) is 1. The molecule has 4 nitrogen and oxygen atoms in total. The van der Waals surface area contributed by atoms with Gasteiger partial charge in [-0.15, -0.1) is 0 Å². The molecular formula is C10H10ClF6N3O. The number of nitrogens with zero attached hydrogens (tertiary/aromatic N) is 2. The average Bonchev–Trinajstić information content (AvgIpc) is 2.33. The van der Waals surface area contributed by atoms with Gasteiger partial charge in [-0.2, -0.15) is 31.3 Å². The molecule has 0 bridgehead atoms. The molecule has 0 aliphatic carbocycles. The van der Waals surface area contributed by atoms with Crippen molar-refractivity contribution in [3.05, 3.63) is 11.2 Å². The van der Waals surface area contributed by atoms with Crippen LogP contribution in [0, 0.1) is 0 Å². The zero-order valence-electron chi connectivity index (χ0n) is 10.5. The lowest BCUT2D eigenvalue weighted by molar-refractivity contribution is -0.300. The third-order valence-corrected chi connectivity index (χ3v) is 2.33. The molecule has 1 aromatic heterocycles. The maximum atomic E-state index is 12.4. The first-order valence-corrected chi connectivity index (χ1v) is 6.00. The molecule has 1 aromatic rings. The Labute approximate surface area is 120 Å². The molecule has 0 unspecified atom stereocenters. The van der Waals surface area contributed by atoms with Gasteiger partial charge in [-0.1, -0.05) is 18.5 Å². The van der Waals surface area contributed by atoms with E-state index in [1.807, 2.05) is 0 Å². The lowest BCUT2D eigenvalue weighted by Gasteiger charge is -2.23. The monoisotopic (exact) mass is 337 g/mol. The summed E-state index contributed by atoms with van der Waals surface area (Å²) in [5, 5.41) is 2.03. The maximum Gasteiger partial charge on any atom is 0.434 e. The van der Waals surface area contributed by atoms with Crippen molar-refractivity contribution in [3.63, 3.8) is 0 Å². The molecule has 0 amide bonds. The van der Waals surface area contributed by atoms with Crippen LogP contribution in [-0.2, 0) is 0 Å². The molecule has 1 N–H and O–H groups in total. The van der Waals surface area contributed by atoms with Gasteiger partial charge >= 0.3 is 12.4 Å². The van der Waals surface area contributed by atoms with Crippen molar-refractivity contribution in [1.82, 2.24) is 9.97 Å². The number of hydrogen-bond acceptors (Lipinski definition) is 4. The van der Waals surface area contributed by atoms with Crippen LogP contribution in [0.25, 0.3) is 0 Å². The van der Waals surface area contributed by atoms with Crippen molar-refractivity contribution >= 4 is 17.5 Å². The van der Waals surface area contributed by atoms with Gasteiger partial charge in [-0.05, 0) is 6.42 Å². The van der Waals surface area contributed by atoms with Crippen LogP contribution in [0.3, 0.4) is 0 Å². The first kappa shape index (κ1) is 17.6. The number of halogens is 7. The van der Waals surface area contributed by atoms with E-state index in [9.17, 15) is 26.3 Å². The zero-order chi connectivity index (χ0) is 16.3. The van der Waals surface area contributed by atoms with E-state index in [0.29, 0.717) is 13.0 Å². The van der Waals surface area contributed by atoms with E-state index >= 15 is 0 Å². The summed E-state index contributed by atoms with van der Waals surface area (Å²) in [4.78, 5) is 7.01. The van der Waals surface area contributed by atoms with Crippen molar-refractivity contribution in [1.29, 1.82) is 0 Å². The lowest BCUT2D eigenvalue weighted by Crippen LogP contribution is -2.46. The number of nitrogens with one attached hydrogen (secondary N) is 1. The Hall–Kier alpha value is -1.45. The predicted molar refractivity (Wildman–Crippen MR) is 62.3 cm³/mol. The van der Waals surface area contributed by atoms with Gasteiger partial charge in [-0.3, -0.25) is 0 Å². The molecule has 21 heavy (non-hydrogen) atoms. The molecule has 0 spiro atoms. The zero-order valence-corrected chi connectivity index (χ0v) is 11.3. The molecule has 0 aromatic carbocycles. The minimum atomic E-state index is -5.65. The first-order valence-electron chi connectivity index (χ1n) is 5.62. The molecule has 0 saturated carbocycles. The summed E-state index contributed by atoms with van der Waals surface area (Å²) >= 11 is 5.46.